The quantitative estimate of drug-likeness (QED) is 0.258. The zero-order valence-corrected chi connectivity index (χ0v) is 23.2. The lowest BCUT2D eigenvalue weighted by Gasteiger charge is -2.32. The average Bonchev–Trinajstić information content (AvgIpc) is 3.47. The molecule has 3 aromatic rings. The van der Waals surface area contributed by atoms with E-state index in [0.717, 1.165) is 42.6 Å². The summed E-state index contributed by atoms with van der Waals surface area (Å²) in [6.07, 6.45) is 5.39. The first kappa shape index (κ1) is 28.5. The van der Waals surface area contributed by atoms with E-state index in [1.165, 1.54) is 0 Å². The fourth-order valence-corrected chi connectivity index (χ4v) is 5.16. The van der Waals surface area contributed by atoms with Crippen molar-refractivity contribution in [3.05, 3.63) is 95.0 Å². The van der Waals surface area contributed by atoms with Crippen LogP contribution in [-0.2, 0) is 22.6 Å². The van der Waals surface area contributed by atoms with E-state index in [4.69, 9.17) is 21.1 Å². The fraction of sp³-hybridized carbons (Fsp3) is 0.375. The van der Waals surface area contributed by atoms with Crippen molar-refractivity contribution in [3.8, 4) is 11.5 Å². The van der Waals surface area contributed by atoms with Crippen LogP contribution >= 0.6 is 11.6 Å². The number of benzene rings is 3. The minimum atomic E-state index is -0.653. The van der Waals surface area contributed by atoms with E-state index >= 15 is 0 Å². The van der Waals surface area contributed by atoms with Gasteiger partial charge in [0.1, 0.15) is 17.5 Å². The molecule has 0 radical (unpaired) electrons. The van der Waals surface area contributed by atoms with Crippen molar-refractivity contribution in [1.29, 1.82) is 0 Å². The number of hydrogen-bond acceptors (Lipinski definition) is 4. The molecule has 206 valence electrons. The molecule has 1 atom stereocenters. The molecule has 0 aliphatic heterocycles. The number of carbonyl (C=O) groups excluding carboxylic acids is 2. The van der Waals surface area contributed by atoms with Gasteiger partial charge in [0.05, 0.1) is 13.7 Å². The monoisotopic (exact) mass is 548 g/mol. The molecule has 3 aromatic carbocycles. The summed E-state index contributed by atoms with van der Waals surface area (Å²) in [6, 6.07) is 24.2. The largest absolute Gasteiger partial charge is 0.497 e. The topological polar surface area (TPSA) is 67.9 Å². The van der Waals surface area contributed by atoms with Crippen LogP contribution in [0, 0.1) is 0 Å². The van der Waals surface area contributed by atoms with Crippen molar-refractivity contribution in [2.75, 3.05) is 13.7 Å². The molecule has 1 aliphatic carbocycles. The Balaban J connectivity index is 1.50. The zero-order valence-electron chi connectivity index (χ0n) is 22.5. The van der Waals surface area contributed by atoms with Crippen LogP contribution in [0.3, 0.4) is 0 Å². The Kier molecular flexibility index (Phi) is 10.7. The van der Waals surface area contributed by atoms with Gasteiger partial charge in [-0.05, 0) is 60.7 Å². The van der Waals surface area contributed by atoms with Gasteiger partial charge in [-0.2, -0.15) is 0 Å². The van der Waals surface area contributed by atoms with Gasteiger partial charge in [-0.1, -0.05) is 73.0 Å². The Labute approximate surface area is 236 Å². The predicted molar refractivity (Wildman–Crippen MR) is 154 cm³/mol. The molecule has 0 aromatic heterocycles. The van der Waals surface area contributed by atoms with E-state index < -0.39 is 6.04 Å². The zero-order chi connectivity index (χ0) is 27.5. The standard InChI is InChI=1S/C32H37ClN2O4/c1-38-27-17-19-28(20-18-27)39-21-9-16-31(36)35(23-25-12-5-8-15-29(25)33)30(22-24-10-3-2-4-11-24)32(37)34-26-13-6-7-14-26/h2-5,8,10-12,15,17-20,26,30H,6-7,9,13-14,16,21-23H2,1H3,(H,34,37). The van der Waals surface area contributed by atoms with E-state index in [1.807, 2.05) is 78.9 Å². The molecule has 1 unspecified atom stereocenters. The van der Waals surface area contributed by atoms with Gasteiger partial charge < -0.3 is 19.7 Å². The smallest absolute Gasteiger partial charge is 0.243 e. The lowest BCUT2D eigenvalue weighted by atomic mass is 10.0. The van der Waals surface area contributed by atoms with Crippen LogP contribution < -0.4 is 14.8 Å². The van der Waals surface area contributed by atoms with Gasteiger partial charge in [0.25, 0.3) is 0 Å². The first-order valence-corrected chi connectivity index (χ1v) is 14.1. The van der Waals surface area contributed by atoms with Crippen LogP contribution in [0.1, 0.15) is 49.7 Å². The average molecular weight is 549 g/mol. The molecular weight excluding hydrogens is 512 g/mol. The summed E-state index contributed by atoms with van der Waals surface area (Å²) in [4.78, 5) is 29.2. The van der Waals surface area contributed by atoms with Gasteiger partial charge in [-0.25, -0.2) is 0 Å². The van der Waals surface area contributed by atoms with E-state index in [1.54, 1.807) is 12.0 Å². The molecule has 7 heteroatoms. The van der Waals surface area contributed by atoms with Crippen molar-refractivity contribution in [2.45, 2.75) is 63.6 Å². The first-order chi connectivity index (χ1) is 19.0. The summed E-state index contributed by atoms with van der Waals surface area (Å²) in [7, 11) is 1.62. The molecule has 2 amide bonds. The lowest BCUT2D eigenvalue weighted by Crippen LogP contribution is -2.52. The Bertz CT molecular complexity index is 1200. The summed E-state index contributed by atoms with van der Waals surface area (Å²) >= 11 is 6.50. The van der Waals surface area contributed by atoms with Gasteiger partial charge in [0.2, 0.25) is 11.8 Å². The van der Waals surface area contributed by atoms with Crippen molar-refractivity contribution in [1.82, 2.24) is 10.2 Å². The third kappa shape index (κ3) is 8.49. The Hall–Kier alpha value is -3.51. The van der Waals surface area contributed by atoms with Gasteiger partial charge in [-0.3, -0.25) is 9.59 Å². The predicted octanol–water partition coefficient (Wildman–Crippen LogP) is 6.21. The van der Waals surface area contributed by atoms with E-state index in [0.29, 0.717) is 30.2 Å². The third-order valence-electron chi connectivity index (χ3n) is 7.13. The maximum atomic E-state index is 13.8. The highest BCUT2D eigenvalue weighted by atomic mass is 35.5. The van der Waals surface area contributed by atoms with Gasteiger partial charge in [0, 0.05) is 30.5 Å². The number of nitrogens with zero attached hydrogens (tertiary/aromatic N) is 1. The summed E-state index contributed by atoms with van der Waals surface area (Å²) < 4.78 is 11.0. The Morgan fingerprint density at radius 3 is 2.31 bits per heavy atom. The summed E-state index contributed by atoms with van der Waals surface area (Å²) in [5, 5.41) is 3.81. The number of halogens is 1. The van der Waals surface area contributed by atoms with Crippen LogP contribution in [0.15, 0.2) is 78.9 Å². The van der Waals surface area contributed by atoms with Gasteiger partial charge in [0.15, 0.2) is 0 Å². The molecule has 1 aliphatic rings. The Morgan fingerprint density at radius 1 is 0.949 bits per heavy atom. The highest BCUT2D eigenvalue weighted by Gasteiger charge is 2.32. The highest BCUT2D eigenvalue weighted by molar-refractivity contribution is 6.31. The van der Waals surface area contributed by atoms with Crippen molar-refractivity contribution >= 4 is 23.4 Å². The second kappa shape index (κ2) is 14.6. The molecule has 0 spiro atoms. The maximum absolute atomic E-state index is 13.8. The fourth-order valence-electron chi connectivity index (χ4n) is 4.96. The van der Waals surface area contributed by atoms with Crippen LogP contribution in [0.5, 0.6) is 11.5 Å². The molecule has 0 saturated heterocycles. The number of rotatable bonds is 13. The molecule has 39 heavy (non-hydrogen) atoms. The second-order valence-electron chi connectivity index (χ2n) is 9.94. The number of ether oxygens (including phenoxy) is 2. The molecule has 0 bridgehead atoms. The SMILES string of the molecule is COc1ccc(OCCCC(=O)N(Cc2ccccc2Cl)C(Cc2ccccc2)C(=O)NC2CCCC2)cc1. The van der Waals surface area contributed by atoms with Crippen LogP contribution in [0.25, 0.3) is 0 Å². The number of hydrogen-bond donors (Lipinski definition) is 1. The molecule has 1 saturated carbocycles. The summed E-state index contributed by atoms with van der Waals surface area (Å²) in [5.41, 5.74) is 1.82. The van der Waals surface area contributed by atoms with Crippen LogP contribution in [-0.4, -0.2) is 42.5 Å². The van der Waals surface area contributed by atoms with Gasteiger partial charge >= 0.3 is 0 Å². The van der Waals surface area contributed by atoms with E-state index in [-0.39, 0.29) is 30.8 Å². The van der Waals surface area contributed by atoms with Crippen molar-refractivity contribution in [3.63, 3.8) is 0 Å². The molecule has 1 fully saturated rings. The minimum absolute atomic E-state index is 0.101. The van der Waals surface area contributed by atoms with Crippen molar-refractivity contribution in [2.24, 2.45) is 0 Å². The van der Waals surface area contributed by atoms with Crippen molar-refractivity contribution < 1.29 is 19.1 Å². The second-order valence-corrected chi connectivity index (χ2v) is 10.3. The number of carbonyl (C=O) groups is 2. The minimum Gasteiger partial charge on any atom is -0.497 e. The molecule has 1 N–H and O–H groups in total. The van der Waals surface area contributed by atoms with E-state index in [2.05, 4.69) is 5.32 Å². The molecule has 4 rings (SSSR count). The normalized spacial score (nSPS) is 14.0. The van der Waals surface area contributed by atoms with Crippen LogP contribution in [0.2, 0.25) is 5.02 Å². The third-order valence-corrected chi connectivity index (χ3v) is 7.50. The lowest BCUT2D eigenvalue weighted by molar-refractivity contribution is -0.141. The van der Waals surface area contributed by atoms with E-state index in [9.17, 15) is 9.59 Å². The molecule has 6 nitrogen and oxygen atoms in total. The number of nitrogens with one attached hydrogen (secondary N) is 1. The first-order valence-electron chi connectivity index (χ1n) is 13.7. The summed E-state index contributed by atoms with van der Waals surface area (Å²) in [6.45, 7) is 0.642. The van der Waals surface area contributed by atoms with Crippen LogP contribution in [0.4, 0.5) is 0 Å². The van der Waals surface area contributed by atoms with Gasteiger partial charge in [-0.15, -0.1) is 0 Å². The summed E-state index contributed by atoms with van der Waals surface area (Å²) in [5.74, 6) is 1.26. The number of amides is 2. The maximum Gasteiger partial charge on any atom is 0.243 e. The highest BCUT2D eigenvalue weighted by Crippen LogP contribution is 2.23. The number of methoxy groups -OCH3 is 1. The Morgan fingerprint density at radius 2 is 1.62 bits per heavy atom. The molecular formula is C32H37ClN2O4. The molecule has 0 heterocycles.